The summed E-state index contributed by atoms with van der Waals surface area (Å²) in [6, 6.07) is 4.26. The van der Waals surface area contributed by atoms with E-state index in [-0.39, 0.29) is 23.9 Å². The molecule has 1 aliphatic heterocycles. The van der Waals surface area contributed by atoms with E-state index in [0.29, 0.717) is 55.3 Å². The Morgan fingerprint density at radius 3 is 2.59 bits per heavy atom. The van der Waals surface area contributed by atoms with Crippen molar-refractivity contribution in [2.24, 2.45) is 10.7 Å². The third kappa shape index (κ3) is 9.16. The summed E-state index contributed by atoms with van der Waals surface area (Å²) in [4.78, 5) is 37.8. The molecule has 0 radical (unpaired) electrons. The number of nitrogens with zero attached hydrogens (tertiary/aromatic N) is 4. The number of carbonyl (C=O) groups excluding carboxylic acids is 1. The molecule has 0 unspecified atom stereocenters. The van der Waals surface area contributed by atoms with Gasteiger partial charge in [-0.2, -0.15) is 0 Å². The fraction of sp³-hybridized carbons (Fsp3) is 0.586. The number of aromatic nitrogens is 2. The van der Waals surface area contributed by atoms with Gasteiger partial charge in [0, 0.05) is 56.8 Å². The van der Waals surface area contributed by atoms with Crippen molar-refractivity contribution in [3.63, 3.8) is 0 Å². The number of hydrogen-bond acceptors (Lipinski definition) is 8. The van der Waals surface area contributed by atoms with Gasteiger partial charge < -0.3 is 24.9 Å². The lowest BCUT2D eigenvalue weighted by Crippen LogP contribution is -2.40. The molecule has 226 valence electrons. The zero-order valence-electron chi connectivity index (χ0n) is 25.2. The number of carbonyl (C=O) groups is 2. The molecule has 0 aliphatic carbocycles. The SMILES string of the molecule is CCCn1c(N(COCC[Si](C)(C)C)C(=O)C(C=C(C)N)=NCC)nc2cc(C(=O)O)cc(SC3CCOCC3)c21. The van der Waals surface area contributed by atoms with Crippen LogP contribution < -0.4 is 10.6 Å². The van der Waals surface area contributed by atoms with Gasteiger partial charge >= 0.3 is 5.97 Å². The third-order valence-corrected chi connectivity index (χ3v) is 9.63. The van der Waals surface area contributed by atoms with Gasteiger partial charge in [-0.1, -0.05) is 26.6 Å². The van der Waals surface area contributed by atoms with Crippen molar-refractivity contribution in [1.29, 1.82) is 0 Å². The molecule has 0 saturated carbocycles. The molecule has 0 atom stereocenters. The van der Waals surface area contributed by atoms with Gasteiger partial charge in [-0.05, 0) is 57.4 Å². The number of allylic oxidation sites excluding steroid dienone is 1. The first-order valence-electron chi connectivity index (χ1n) is 14.3. The lowest BCUT2D eigenvalue weighted by molar-refractivity contribution is -0.113. The molecule has 1 aromatic carbocycles. The van der Waals surface area contributed by atoms with Crippen LogP contribution in [-0.4, -0.2) is 78.7 Å². The highest BCUT2D eigenvalue weighted by molar-refractivity contribution is 8.00. The Morgan fingerprint density at radius 1 is 1.29 bits per heavy atom. The number of aryl methyl sites for hydroxylation is 1. The number of carboxylic acids is 1. The number of ether oxygens (including phenoxy) is 2. The second kappa shape index (κ2) is 15.0. The molecule has 1 fully saturated rings. The third-order valence-electron chi connectivity index (χ3n) is 6.56. The number of carboxylic acid groups (broad SMARTS) is 1. The lowest BCUT2D eigenvalue weighted by atomic mass is 10.2. The first-order chi connectivity index (χ1) is 19.4. The Kier molecular flexibility index (Phi) is 12.0. The van der Waals surface area contributed by atoms with E-state index in [1.165, 1.54) is 4.90 Å². The van der Waals surface area contributed by atoms with Gasteiger partial charge in [0.25, 0.3) is 5.91 Å². The number of aliphatic imine (C=N–C) groups is 1. The van der Waals surface area contributed by atoms with Crippen molar-refractivity contribution < 1.29 is 24.2 Å². The number of thioether (sulfide) groups is 1. The van der Waals surface area contributed by atoms with Crippen LogP contribution in [0.25, 0.3) is 11.0 Å². The van der Waals surface area contributed by atoms with E-state index in [1.807, 2.05) is 11.5 Å². The van der Waals surface area contributed by atoms with E-state index in [9.17, 15) is 14.7 Å². The number of benzene rings is 1. The van der Waals surface area contributed by atoms with Crippen molar-refractivity contribution >= 4 is 54.4 Å². The van der Waals surface area contributed by atoms with Crippen molar-refractivity contribution in [2.45, 2.75) is 82.4 Å². The molecule has 1 aliphatic rings. The fourth-order valence-corrected chi connectivity index (χ4v) is 6.55. The highest BCUT2D eigenvalue weighted by Crippen LogP contribution is 2.38. The maximum Gasteiger partial charge on any atom is 0.335 e. The molecule has 10 nitrogen and oxygen atoms in total. The van der Waals surface area contributed by atoms with E-state index in [4.69, 9.17) is 20.2 Å². The standard InChI is InChI=1S/C29H45N5O5SSi/c1-7-11-33-26-23(17-21(28(36)37)18-25(26)40-22-9-12-38-13-10-22)32-29(33)34(19-39-14-15-41(4,5)6)27(35)24(31-8-2)16-20(3)30/h16-18,22H,7-15,19,30H2,1-6H3,(H,36,37). The van der Waals surface area contributed by atoms with Crippen LogP contribution in [0.15, 0.2) is 33.8 Å². The Bertz CT molecular complexity index is 1280. The predicted molar refractivity (Wildman–Crippen MR) is 169 cm³/mol. The minimum atomic E-state index is -1.35. The van der Waals surface area contributed by atoms with Gasteiger partial charge in [-0.15, -0.1) is 11.8 Å². The first-order valence-corrected chi connectivity index (χ1v) is 18.9. The zero-order chi connectivity index (χ0) is 30.2. The number of nitrogens with two attached hydrogens (primary N) is 1. The minimum Gasteiger partial charge on any atom is -0.478 e. The van der Waals surface area contributed by atoms with Crippen LogP contribution in [0.1, 0.15) is 50.4 Å². The Hall–Kier alpha value is -2.67. The largest absolute Gasteiger partial charge is 0.478 e. The van der Waals surface area contributed by atoms with Gasteiger partial charge in [0.05, 0.1) is 16.6 Å². The van der Waals surface area contributed by atoms with Gasteiger partial charge in [0.2, 0.25) is 5.95 Å². The minimum absolute atomic E-state index is 0.00916. The number of fused-ring (bicyclic) bond motifs is 1. The average Bonchev–Trinajstić information content (AvgIpc) is 3.26. The lowest BCUT2D eigenvalue weighted by Gasteiger charge is -2.25. The number of hydrogen-bond donors (Lipinski definition) is 2. The molecule has 3 N–H and O–H groups in total. The van der Waals surface area contributed by atoms with Crippen molar-refractivity contribution in [2.75, 3.05) is 38.0 Å². The van der Waals surface area contributed by atoms with Gasteiger partial charge in [0.1, 0.15) is 12.4 Å². The summed E-state index contributed by atoms with van der Waals surface area (Å²) in [6.07, 6.45) is 4.13. The second-order valence-corrected chi connectivity index (χ2v) is 18.4. The first kappa shape index (κ1) is 32.8. The fourth-order valence-electron chi connectivity index (χ4n) is 4.49. The Morgan fingerprint density at radius 2 is 2.00 bits per heavy atom. The van der Waals surface area contributed by atoms with Crippen LogP contribution in [0, 0.1) is 0 Å². The van der Waals surface area contributed by atoms with Crippen LogP contribution in [0.5, 0.6) is 0 Å². The van der Waals surface area contributed by atoms with E-state index in [1.54, 1.807) is 36.9 Å². The van der Waals surface area contributed by atoms with E-state index >= 15 is 0 Å². The zero-order valence-corrected chi connectivity index (χ0v) is 27.1. The van der Waals surface area contributed by atoms with Crippen LogP contribution in [0.3, 0.4) is 0 Å². The number of imidazole rings is 1. The van der Waals surface area contributed by atoms with Gasteiger partial charge in [-0.25, -0.2) is 9.78 Å². The van der Waals surface area contributed by atoms with Crippen LogP contribution >= 0.6 is 11.8 Å². The quantitative estimate of drug-likeness (QED) is 0.127. The summed E-state index contributed by atoms with van der Waals surface area (Å²) in [5.74, 6) is -0.978. The molecular formula is C29H45N5O5SSi. The molecule has 12 heteroatoms. The summed E-state index contributed by atoms with van der Waals surface area (Å²) in [6.45, 7) is 15.3. The Labute approximate surface area is 248 Å². The maximum absolute atomic E-state index is 14.0. The van der Waals surface area contributed by atoms with Crippen LogP contribution in [0.4, 0.5) is 5.95 Å². The molecule has 0 bridgehead atoms. The molecule has 2 aromatic rings. The van der Waals surface area contributed by atoms with Crippen molar-refractivity contribution in [3.05, 3.63) is 29.5 Å². The number of aromatic carboxylic acids is 1. The number of anilines is 1. The molecular weight excluding hydrogens is 559 g/mol. The summed E-state index contributed by atoms with van der Waals surface area (Å²) in [7, 11) is -1.35. The van der Waals surface area contributed by atoms with Crippen LogP contribution in [0.2, 0.25) is 25.7 Å². The molecule has 1 saturated heterocycles. The maximum atomic E-state index is 14.0. The second-order valence-electron chi connectivity index (χ2n) is 11.5. The monoisotopic (exact) mass is 603 g/mol. The van der Waals surface area contributed by atoms with E-state index in [2.05, 4.69) is 31.6 Å². The molecule has 3 rings (SSSR count). The smallest absolute Gasteiger partial charge is 0.335 e. The predicted octanol–water partition coefficient (Wildman–Crippen LogP) is 5.38. The summed E-state index contributed by atoms with van der Waals surface area (Å²) >= 11 is 1.66. The molecule has 1 aromatic heterocycles. The van der Waals surface area contributed by atoms with E-state index < -0.39 is 14.0 Å². The average molecular weight is 604 g/mol. The topological polar surface area (TPSA) is 132 Å². The highest BCUT2D eigenvalue weighted by atomic mass is 32.2. The Balaban J connectivity index is 2.18. The number of amides is 1. The summed E-state index contributed by atoms with van der Waals surface area (Å²) in [5.41, 5.74) is 8.16. The van der Waals surface area contributed by atoms with E-state index in [0.717, 1.165) is 35.7 Å². The molecule has 41 heavy (non-hydrogen) atoms. The molecule has 0 spiro atoms. The summed E-state index contributed by atoms with van der Waals surface area (Å²) in [5, 5.41) is 10.2. The highest BCUT2D eigenvalue weighted by Gasteiger charge is 2.29. The van der Waals surface area contributed by atoms with Gasteiger partial charge in [0.15, 0.2) is 0 Å². The normalized spacial score (nSPS) is 15.5. The molecule has 2 heterocycles. The van der Waals surface area contributed by atoms with Crippen LogP contribution in [-0.2, 0) is 20.8 Å². The van der Waals surface area contributed by atoms with Crippen molar-refractivity contribution in [1.82, 2.24) is 9.55 Å². The number of rotatable bonds is 14. The van der Waals surface area contributed by atoms with Gasteiger partial charge in [-0.3, -0.25) is 14.7 Å². The molecule has 1 amide bonds. The van der Waals surface area contributed by atoms with Crippen molar-refractivity contribution in [3.8, 4) is 0 Å². The summed E-state index contributed by atoms with van der Waals surface area (Å²) < 4.78 is 13.7.